The molecule has 9 nitrogen and oxygen atoms in total. The Kier molecular flexibility index (Phi) is 6.42. The molecule has 1 aromatic heterocycles. The summed E-state index contributed by atoms with van der Waals surface area (Å²) in [6.45, 7) is 1.81. The lowest BCUT2D eigenvalue weighted by Crippen LogP contribution is -2.63. The number of ether oxygens (including phenoxy) is 3. The fourth-order valence-corrected chi connectivity index (χ4v) is 5.53. The Morgan fingerprint density at radius 3 is 2.63 bits per heavy atom. The average Bonchev–Trinajstić information content (AvgIpc) is 3.50. The standard InChI is InChI=1S/C26H27F3N4O5/c27-26(28,29)37-19-6-8-21-20(10-19)25(32-38-21)30-11-24(34)31-17-12-33(13-17)18-4-1-15(2-5-18)16-3-7-22-23(9-16)36-14-35-22/h3,6-10,15,17-18H,1-2,4-5,11-14H2,(H,30,32)(H,31,34). The SMILES string of the molecule is O=C(CNc1noc2ccc(OC(F)(F)F)cc12)NC1CN(C2CCC(c3ccc4c(c3)OCO4)CC2)C1. The molecule has 0 atom stereocenters. The van der Waals surface area contributed by atoms with Crippen LogP contribution in [0.1, 0.15) is 37.2 Å². The minimum Gasteiger partial charge on any atom is -0.454 e. The highest BCUT2D eigenvalue weighted by Crippen LogP contribution is 2.40. The topological polar surface area (TPSA) is 98.1 Å². The molecule has 202 valence electrons. The van der Waals surface area contributed by atoms with E-state index >= 15 is 0 Å². The first-order valence-corrected chi connectivity index (χ1v) is 12.6. The molecule has 1 amide bonds. The lowest BCUT2D eigenvalue weighted by Gasteiger charge is -2.46. The van der Waals surface area contributed by atoms with Gasteiger partial charge in [-0.3, -0.25) is 9.69 Å². The molecule has 12 heteroatoms. The Balaban J connectivity index is 0.940. The van der Waals surface area contributed by atoms with Crippen LogP contribution in [0.2, 0.25) is 0 Å². The van der Waals surface area contributed by atoms with Gasteiger partial charge in [-0.25, -0.2) is 0 Å². The van der Waals surface area contributed by atoms with Crippen LogP contribution in [-0.2, 0) is 4.79 Å². The molecule has 1 aliphatic carbocycles. The van der Waals surface area contributed by atoms with Gasteiger partial charge >= 0.3 is 6.36 Å². The van der Waals surface area contributed by atoms with Crippen molar-refractivity contribution < 1.29 is 36.7 Å². The zero-order valence-electron chi connectivity index (χ0n) is 20.4. The van der Waals surface area contributed by atoms with Crippen LogP contribution in [0.15, 0.2) is 40.9 Å². The number of fused-ring (bicyclic) bond motifs is 2. The molecule has 0 radical (unpaired) electrons. The van der Waals surface area contributed by atoms with Crippen molar-refractivity contribution in [3.05, 3.63) is 42.0 Å². The van der Waals surface area contributed by atoms with Crippen molar-refractivity contribution in [1.82, 2.24) is 15.4 Å². The highest BCUT2D eigenvalue weighted by atomic mass is 19.4. The number of carbonyl (C=O) groups is 1. The molecule has 3 aromatic rings. The van der Waals surface area contributed by atoms with Gasteiger partial charge in [-0.05, 0) is 67.5 Å². The van der Waals surface area contributed by atoms with E-state index in [0.29, 0.717) is 17.3 Å². The van der Waals surface area contributed by atoms with E-state index in [1.807, 2.05) is 6.07 Å². The molecule has 2 aliphatic heterocycles. The number of hydrogen-bond acceptors (Lipinski definition) is 8. The summed E-state index contributed by atoms with van der Waals surface area (Å²) in [5.74, 6) is 1.73. The van der Waals surface area contributed by atoms with E-state index in [9.17, 15) is 18.0 Å². The largest absolute Gasteiger partial charge is 0.573 e. The number of likely N-dealkylation sites (tertiary alicyclic amines) is 1. The molecule has 2 N–H and O–H groups in total. The van der Waals surface area contributed by atoms with Crippen LogP contribution in [0.25, 0.3) is 11.0 Å². The molecule has 0 unspecified atom stereocenters. The van der Waals surface area contributed by atoms with Crippen LogP contribution in [0.4, 0.5) is 19.0 Å². The van der Waals surface area contributed by atoms with Crippen molar-refractivity contribution in [2.75, 3.05) is 31.7 Å². The maximum Gasteiger partial charge on any atom is 0.573 e. The number of alkyl halides is 3. The van der Waals surface area contributed by atoms with Crippen molar-refractivity contribution in [3.8, 4) is 17.2 Å². The Bertz CT molecular complexity index is 1320. The number of halogens is 3. The summed E-state index contributed by atoms with van der Waals surface area (Å²) in [4.78, 5) is 14.9. The van der Waals surface area contributed by atoms with Gasteiger partial charge in [0.2, 0.25) is 12.7 Å². The van der Waals surface area contributed by atoms with Gasteiger partial charge in [-0.1, -0.05) is 11.2 Å². The van der Waals surface area contributed by atoms with E-state index in [0.717, 1.165) is 56.3 Å². The van der Waals surface area contributed by atoms with Gasteiger partial charge in [0.1, 0.15) is 5.75 Å². The number of amides is 1. The van der Waals surface area contributed by atoms with Crippen LogP contribution in [0, 0.1) is 0 Å². The van der Waals surface area contributed by atoms with Gasteiger partial charge in [0.25, 0.3) is 0 Å². The Hall–Kier alpha value is -3.67. The summed E-state index contributed by atoms with van der Waals surface area (Å²) < 4.78 is 57.5. The Labute approximate surface area is 216 Å². The highest BCUT2D eigenvalue weighted by Gasteiger charge is 2.36. The molecule has 2 fully saturated rings. The van der Waals surface area contributed by atoms with Gasteiger partial charge in [-0.2, -0.15) is 0 Å². The lowest BCUT2D eigenvalue weighted by molar-refractivity contribution is -0.274. The van der Waals surface area contributed by atoms with Gasteiger partial charge in [0.05, 0.1) is 18.0 Å². The normalized spacial score (nSPS) is 21.8. The van der Waals surface area contributed by atoms with Crippen LogP contribution in [0.5, 0.6) is 17.2 Å². The number of nitrogens with zero attached hydrogens (tertiary/aromatic N) is 2. The third kappa shape index (κ3) is 5.31. The zero-order chi connectivity index (χ0) is 26.3. The number of anilines is 1. The van der Waals surface area contributed by atoms with Crippen LogP contribution in [-0.4, -0.2) is 60.8 Å². The van der Waals surface area contributed by atoms with E-state index < -0.39 is 6.36 Å². The summed E-state index contributed by atoms with van der Waals surface area (Å²) in [5.41, 5.74) is 1.59. The average molecular weight is 533 g/mol. The fourth-order valence-electron chi connectivity index (χ4n) is 5.53. The lowest BCUT2D eigenvalue weighted by atomic mass is 9.80. The first-order valence-electron chi connectivity index (χ1n) is 12.6. The molecule has 3 aliphatic rings. The van der Waals surface area contributed by atoms with Crippen LogP contribution >= 0.6 is 0 Å². The van der Waals surface area contributed by atoms with Crippen molar-refractivity contribution in [2.24, 2.45) is 0 Å². The van der Waals surface area contributed by atoms with Gasteiger partial charge in [0, 0.05) is 19.1 Å². The molecule has 1 saturated heterocycles. The van der Waals surface area contributed by atoms with E-state index in [1.165, 1.54) is 17.7 Å². The number of carbonyl (C=O) groups excluding carboxylic acids is 1. The molecular formula is C26H27F3N4O5. The molecule has 0 spiro atoms. The maximum atomic E-state index is 12.5. The second-order valence-electron chi connectivity index (χ2n) is 9.93. The predicted octanol–water partition coefficient (Wildman–Crippen LogP) is 4.39. The maximum absolute atomic E-state index is 12.5. The monoisotopic (exact) mass is 532 g/mol. The molecule has 2 aromatic carbocycles. The molecule has 38 heavy (non-hydrogen) atoms. The van der Waals surface area contributed by atoms with Gasteiger partial charge in [0.15, 0.2) is 22.9 Å². The molecule has 1 saturated carbocycles. The third-order valence-electron chi connectivity index (χ3n) is 7.45. The summed E-state index contributed by atoms with van der Waals surface area (Å²) in [6.07, 6.45) is -0.352. The summed E-state index contributed by atoms with van der Waals surface area (Å²) in [6, 6.07) is 10.5. The van der Waals surface area contributed by atoms with E-state index in [-0.39, 0.29) is 42.4 Å². The predicted molar refractivity (Wildman–Crippen MR) is 130 cm³/mol. The van der Waals surface area contributed by atoms with Crippen LogP contribution < -0.4 is 24.8 Å². The zero-order valence-corrected chi connectivity index (χ0v) is 20.4. The highest BCUT2D eigenvalue weighted by molar-refractivity contribution is 5.91. The van der Waals surface area contributed by atoms with Gasteiger partial charge < -0.3 is 29.4 Å². The second-order valence-corrected chi connectivity index (χ2v) is 9.93. The number of aromatic nitrogens is 1. The molecule has 0 bridgehead atoms. The second kappa shape index (κ2) is 9.90. The first kappa shape index (κ1) is 24.7. The van der Waals surface area contributed by atoms with Crippen molar-refractivity contribution in [2.45, 2.75) is 50.0 Å². The van der Waals surface area contributed by atoms with Crippen LogP contribution in [0.3, 0.4) is 0 Å². The smallest absolute Gasteiger partial charge is 0.454 e. The van der Waals surface area contributed by atoms with E-state index in [1.54, 1.807) is 0 Å². The summed E-state index contributed by atoms with van der Waals surface area (Å²) >= 11 is 0. The fraction of sp³-hybridized carbons (Fsp3) is 0.462. The van der Waals surface area contributed by atoms with Gasteiger partial charge in [-0.15, -0.1) is 13.2 Å². The number of hydrogen-bond donors (Lipinski definition) is 2. The minimum atomic E-state index is -4.80. The van der Waals surface area contributed by atoms with Crippen molar-refractivity contribution in [3.63, 3.8) is 0 Å². The van der Waals surface area contributed by atoms with E-state index in [2.05, 4.69) is 37.6 Å². The molecule has 6 rings (SSSR count). The molecular weight excluding hydrogens is 505 g/mol. The van der Waals surface area contributed by atoms with Crippen molar-refractivity contribution in [1.29, 1.82) is 0 Å². The summed E-state index contributed by atoms with van der Waals surface area (Å²) in [7, 11) is 0. The summed E-state index contributed by atoms with van der Waals surface area (Å²) in [5, 5.41) is 9.94. The third-order valence-corrected chi connectivity index (χ3v) is 7.45. The number of nitrogens with one attached hydrogen (secondary N) is 2. The number of benzene rings is 2. The quantitative estimate of drug-likeness (QED) is 0.463. The Morgan fingerprint density at radius 1 is 1.05 bits per heavy atom. The number of rotatable bonds is 7. The van der Waals surface area contributed by atoms with E-state index in [4.69, 9.17) is 14.0 Å². The Morgan fingerprint density at radius 2 is 1.84 bits per heavy atom. The first-order chi connectivity index (χ1) is 18.3. The van der Waals surface area contributed by atoms with Crippen molar-refractivity contribution >= 4 is 22.7 Å². The minimum absolute atomic E-state index is 0.0664. The molecule has 3 heterocycles.